The van der Waals surface area contributed by atoms with Crippen LogP contribution in [-0.4, -0.2) is 27.8 Å². The maximum Gasteiger partial charge on any atom is 0.332 e. The van der Waals surface area contributed by atoms with Crippen molar-refractivity contribution >= 4 is 33.1 Å². The number of nitrogens with zero attached hydrogens (tertiary/aromatic N) is 2. The van der Waals surface area contributed by atoms with Gasteiger partial charge in [0.15, 0.2) is 0 Å². The molecular weight excluding hydrogens is 466 g/mol. The van der Waals surface area contributed by atoms with Crippen molar-refractivity contribution in [1.29, 1.82) is 0 Å². The van der Waals surface area contributed by atoms with Crippen LogP contribution in [0.5, 0.6) is 5.75 Å². The van der Waals surface area contributed by atoms with Gasteiger partial charge < -0.3 is 14.8 Å². The van der Waals surface area contributed by atoms with Gasteiger partial charge in [-0.3, -0.25) is 18.7 Å². The highest BCUT2D eigenvalue weighted by Crippen LogP contribution is 2.37. The molecule has 3 aromatic rings. The van der Waals surface area contributed by atoms with E-state index in [1.54, 1.807) is 31.4 Å². The lowest BCUT2D eigenvalue weighted by Gasteiger charge is -2.30. The second-order valence-electron chi connectivity index (χ2n) is 10.0. The average molecular weight is 498 g/mol. The van der Waals surface area contributed by atoms with Gasteiger partial charge in [0.05, 0.1) is 24.7 Å². The maximum atomic E-state index is 13.8. The van der Waals surface area contributed by atoms with Crippen LogP contribution in [0.1, 0.15) is 62.4 Å². The fourth-order valence-electron chi connectivity index (χ4n) is 5.19. The summed E-state index contributed by atoms with van der Waals surface area (Å²) in [5.41, 5.74) is 0.550. The number of amides is 1. The topological polar surface area (TPSA) is 91.6 Å². The van der Waals surface area contributed by atoms with Crippen LogP contribution in [0.2, 0.25) is 0 Å². The van der Waals surface area contributed by atoms with E-state index in [0.717, 1.165) is 42.5 Å². The molecule has 2 aromatic heterocycles. The number of ether oxygens (including phenoxy) is 2. The number of methoxy groups -OCH3 is 1. The molecule has 8 nitrogen and oxygen atoms in total. The first kappa shape index (κ1) is 23.8. The van der Waals surface area contributed by atoms with Gasteiger partial charge in [0.25, 0.3) is 5.56 Å². The zero-order valence-electron chi connectivity index (χ0n) is 20.4. The van der Waals surface area contributed by atoms with E-state index in [1.165, 1.54) is 20.5 Å². The molecule has 0 unspecified atom stereocenters. The third kappa shape index (κ3) is 4.54. The lowest BCUT2D eigenvalue weighted by atomic mass is 9.93. The second-order valence-corrected chi connectivity index (χ2v) is 11.1. The van der Waals surface area contributed by atoms with E-state index < -0.39 is 11.3 Å². The molecule has 0 saturated heterocycles. The first-order valence-electron chi connectivity index (χ1n) is 12.1. The van der Waals surface area contributed by atoms with Crippen molar-refractivity contribution in [3.8, 4) is 5.75 Å². The Hall–Kier alpha value is -2.91. The average Bonchev–Trinajstić information content (AvgIpc) is 3.21. The smallest absolute Gasteiger partial charge is 0.332 e. The van der Waals surface area contributed by atoms with Gasteiger partial charge in [0.1, 0.15) is 17.1 Å². The Labute approximate surface area is 207 Å². The molecule has 5 rings (SSSR count). The number of fused-ring (bicyclic) bond motifs is 3. The van der Waals surface area contributed by atoms with Gasteiger partial charge in [0.2, 0.25) is 5.91 Å². The molecule has 186 valence electrons. The van der Waals surface area contributed by atoms with Crippen LogP contribution >= 0.6 is 11.3 Å². The van der Waals surface area contributed by atoms with E-state index in [9.17, 15) is 14.4 Å². The number of rotatable bonds is 5. The lowest BCUT2D eigenvalue weighted by Crippen LogP contribution is -2.44. The van der Waals surface area contributed by atoms with E-state index >= 15 is 0 Å². The first-order valence-corrected chi connectivity index (χ1v) is 13.0. The zero-order valence-corrected chi connectivity index (χ0v) is 21.2. The molecule has 0 spiro atoms. The number of nitrogens with one attached hydrogen (secondary N) is 1. The molecule has 1 aliphatic heterocycles. The molecule has 35 heavy (non-hydrogen) atoms. The summed E-state index contributed by atoms with van der Waals surface area (Å²) in [6.45, 7) is 4.25. The Kier molecular flexibility index (Phi) is 6.31. The minimum absolute atomic E-state index is 0.132. The van der Waals surface area contributed by atoms with Crippen molar-refractivity contribution in [3.63, 3.8) is 0 Å². The monoisotopic (exact) mass is 497 g/mol. The Morgan fingerprint density at radius 1 is 1.17 bits per heavy atom. The number of hydrogen-bond donors (Lipinski definition) is 1. The van der Waals surface area contributed by atoms with Crippen LogP contribution in [0.15, 0.2) is 33.9 Å². The Balaban J connectivity index is 1.60. The summed E-state index contributed by atoms with van der Waals surface area (Å²) in [6, 6.07) is 6.90. The van der Waals surface area contributed by atoms with Gasteiger partial charge in [-0.2, -0.15) is 0 Å². The van der Waals surface area contributed by atoms with Crippen molar-refractivity contribution < 1.29 is 14.3 Å². The van der Waals surface area contributed by atoms with Crippen LogP contribution in [0, 0.1) is 0 Å². The number of anilines is 1. The number of carbonyl (C=O) groups excluding carboxylic acids is 1. The molecule has 3 heterocycles. The molecule has 1 fully saturated rings. The summed E-state index contributed by atoms with van der Waals surface area (Å²) in [4.78, 5) is 42.1. The van der Waals surface area contributed by atoms with Crippen LogP contribution in [0.4, 0.5) is 5.69 Å². The highest BCUT2D eigenvalue weighted by molar-refractivity contribution is 7.18. The predicted molar refractivity (Wildman–Crippen MR) is 137 cm³/mol. The number of thiophene rings is 1. The van der Waals surface area contributed by atoms with Crippen LogP contribution in [-0.2, 0) is 29.1 Å². The Bertz CT molecular complexity index is 1380. The van der Waals surface area contributed by atoms with Crippen molar-refractivity contribution in [3.05, 3.63) is 55.5 Å². The standard InChI is InChI=1S/C26H31N3O5S/c1-26(2)13-19-20(15-34-26)35-24-22(19)23(31)29(17-7-5-4-6-8-17)25(32)28(24)14-21(30)27-16-9-11-18(33-3)12-10-16/h9-12,17H,4-8,13-15H2,1-3H3,(H,27,30). The van der Waals surface area contributed by atoms with E-state index in [0.29, 0.717) is 34.7 Å². The van der Waals surface area contributed by atoms with Crippen LogP contribution in [0.25, 0.3) is 10.2 Å². The predicted octanol–water partition coefficient (Wildman–Crippen LogP) is 4.23. The minimum Gasteiger partial charge on any atom is -0.497 e. The molecule has 1 aliphatic carbocycles. The van der Waals surface area contributed by atoms with E-state index in [4.69, 9.17) is 9.47 Å². The number of hydrogen-bond acceptors (Lipinski definition) is 6. The normalized spacial score (nSPS) is 17.8. The van der Waals surface area contributed by atoms with Crippen molar-refractivity contribution in [2.45, 2.75) is 77.2 Å². The fraction of sp³-hybridized carbons (Fsp3) is 0.500. The van der Waals surface area contributed by atoms with Gasteiger partial charge >= 0.3 is 5.69 Å². The zero-order chi connectivity index (χ0) is 24.7. The molecule has 1 amide bonds. The molecule has 9 heteroatoms. The Morgan fingerprint density at radius 2 is 1.89 bits per heavy atom. The van der Waals surface area contributed by atoms with Gasteiger partial charge in [-0.25, -0.2) is 4.79 Å². The highest BCUT2D eigenvalue weighted by Gasteiger charge is 2.33. The molecule has 1 aromatic carbocycles. The molecule has 0 atom stereocenters. The highest BCUT2D eigenvalue weighted by atomic mass is 32.1. The number of benzene rings is 1. The summed E-state index contributed by atoms with van der Waals surface area (Å²) in [5.74, 6) is 0.366. The van der Waals surface area contributed by atoms with Gasteiger partial charge in [0, 0.05) is 23.0 Å². The molecule has 1 saturated carbocycles. The molecule has 2 aliphatic rings. The lowest BCUT2D eigenvalue weighted by molar-refractivity contribution is -0.116. The SMILES string of the molecule is COc1ccc(NC(=O)Cn2c(=O)n(C3CCCCC3)c(=O)c3c4c(sc32)COC(C)(C)C4)cc1. The number of aromatic nitrogens is 2. The molecular formula is C26H31N3O5S. The van der Waals surface area contributed by atoms with Crippen LogP contribution in [0.3, 0.4) is 0 Å². The summed E-state index contributed by atoms with van der Waals surface area (Å²) in [7, 11) is 1.58. The minimum atomic E-state index is -0.405. The summed E-state index contributed by atoms with van der Waals surface area (Å²) >= 11 is 1.39. The van der Waals surface area contributed by atoms with Gasteiger partial charge in [-0.15, -0.1) is 11.3 Å². The van der Waals surface area contributed by atoms with Crippen molar-refractivity contribution in [2.24, 2.45) is 0 Å². The van der Waals surface area contributed by atoms with Crippen molar-refractivity contribution in [2.75, 3.05) is 12.4 Å². The van der Waals surface area contributed by atoms with Gasteiger partial charge in [-0.1, -0.05) is 19.3 Å². The molecule has 0 bridgehead atoms. The summed E-state index contributed by atoms with van der Waals surface area (Å²) < 4.78 is 14.1. The van der Waals surface area contributed by atoms with Crippen LogP contribution < -0.4 is 21.3 Å². The molecule has 0 radical (unpaired) electrons. The molecule has 1 N–H and O–H groups in total. The van der Waals surface area contributed by atoms with E-state index in [1.807, 2.05) is 13.8 Å². The van der Waals surface area contributed by atoms with Crippen molar-refractivity contribution in [1.82, 2.24) is 9.13 Å². The fourth-order valence-corrected chi connectivity index (χ4v) is 6.41. The third-order valence-corrected chi connectivity index (χ3v) is 8.23. The second kappa shape index (κ2) is 9.28. The Morgan fingerprint density at radius 3 is 2.57 bits per heavy atom. The first-order chi connectivity index (χ1) is 16.8. The van der Waals surface area contributed by atoms with Gasteiger partial charge in [-0.05, 0) is 56.5 Å². The van der Waals surface area contributed by atoms with E-state index in [2.05, 4.69) is 5.32 Å². The largest absolute Gasteiger partial charge is 0.497 e. The third-order valence-electron chi connectivity index (χ3n) is 7.00. The summed E-state index contributed by atoms with van der Waals surface area (Å²) in [6.07, 6.45) is 5.31. The van der Waals surface area contributed by atoms with E-state index in [-0.39, 0.29) is 24.1 Å². The number of carbonyl (C=O) groups is 1. The maximum absolute atomic E-state index is 13.8. The summed E-state index contributed by atoms with van der Waals surface area (Å²) in [5, 5.41) is 3.43. The quantitative estimate of drug-likeness (QED) is 0.570.